The molecule has 0 fully saturated rings. The Balaban J connectivity index is 3.99. The predicted molar refractivity (Wildman–Crippen MR) is 43.1 cm³/mol. The van der Waals surface area contributed by atoms with Gasteiger partial charge in [-0.05, 0) is 0 Å². The second-order valence-electron chi connectivity index (χ2n) is 2.48. The van der Waals surface area contributed by atoms with Gasteiger partial charge in [0.2, 0.25) is 0 Å². The van der Waals surface area contributed by atoms with Crippen LogP contribution in [0.15, 0.2) is 0 Å². The molecule has 0 aliphatic carbocycles. The molecular formula is C6H14O5Se. The minimum atomic E-state index is -1.29. The fourth-order valence-corrected chi connectivity index (χ4v) is 1.29. The Morgan fingerprint density at radius 2 is 1.33 bits per heavy atom. The molecule has 0 saturated heterocycles. The second kappa shape index (κ2) is 5.88. The maximum atomic E-state index is 9.19. The van der Waals surface area contributed by atoms with E-state index in [1.807, 2.05) is 16.0 Å². The number of aliphatic hydroxyl groups excluding tert-OH is 5. The quantitative estimate of drug-likeness (QED) is 0.327. The zero-order chi connectivity index (χ0) is 9.72. The van der Waals surface area contributed by atoms with Gasteiger partial charge in [-0.3, -0.25) is 0 Å². The second-order valence-corrected chi connectivity index (χ2v) is 3.73. The summed E-state index contributed by atoms with van der Waals surface area (Å²) in [6, 6.07) is 0. The molecule has 0 unspecified atom stereocenters. The number of aliphatic hydroxyl groups is 5. The third-order valence-corrected chi connectivity index (χ3v) is 2.88. The van der Waals surface area contributed by atoms with Crippen molar-refractivity contribution < 1.29 is 25.5 Å². The van der Waals surface area contributed by atoms with Crippen LogP contribution in [0.25, 0.3) is 0 Å². The summed E-state index contributed by atoms with van der Waals surface area (Å²) in [5.74, 6) is 0. The van der Waals surface area contributed by atoms with Gasteiger partial charge in [0.1, 0.15) is 0 Å². The molecule has 0 aromatic carbocycles. The van der Waals surface area contributed by atoms with Gasteiger partial charge in [-0.1, -0.05) is 0 Å². The molecule has 0 saturated carbocycles. The average molecular weight is 245 g/mol. The first-order valence-corrected chi connectivity index (χ1v) is 4.57. The van der Waals surface area contributed by atoms with Crippen LogP contribution in [0.5, 0.6) is 0 Å². The van der Waals surface area contributed by atoms with Gasteiger partial charge in [-0.15, -0.1) is 0 Å². The van der Waals surface area contributed by atoms with Crippen molar-refractivity contribution in [3.63, 3.8) is 0 Å². The first kappa shape index (κ1) is 12.3. The van der Waals surface area contributed by atoms with Gasteiger partial charge < -0.3 is 0 Å². The van der Waals surface area contributed by atoms with Crippen LogP contribution in [0.2, 0.25) is 4.82 Å². The molecule has 0 amide bonds. The summed E-state index contributed by atoms with van der Waals surface area (Å²) in [5, 5.41) is 44.1. The van der Waals surface area contributed by atoms with Crippen LogP contribution >= 0.6 is 0 Å². The molecule has 5 N–H and O–H groups in total. The van der Waals surface area contributed by atoms with Gasteiger partial charge in [0.15, 0.2) is 0 Å². The van der Waals surface area contributed by atoms with Crippen LogP contribution in [-0.4, -0.2) is 73.1 Å². The van der Waals surface area contributed by atoms with Crippen LogP contribution in [0.3, 0.4) is 0 Å². The molecule has 0 spiro atoms. The van der Waals surface area contributed by atoms with Gasteiger partial charge in [-0.25, -0.2) is 0 Å². The van der Waals surface area contributed by atoms with Crippen LogP contribution in [0, 0.1) is 0 Å². The molecule has 5 nitrogen and oxygen atoms in total. The van der Waals surface area contributed by atoms with E-state index >= 15 is 0 Å². The first-order chi connectivity index (χ1) is 5.54. The van der Waals surface area contributed by atoms with E-state index in [1.165, 1.54) is 0 Å². The molecule has 6 heteroatoms. The fourth-order valence-electron chi connectivity index (χ4n) is 0.671. The SMILES string of the molecule is OC[C@H](O)[C@H](O)[C@@H]([SeH])[C@@H](O)CO. The normalized spacial score (nSPS) is 21.5. The summed E-state index contributed by atoms with van der Waals surface area (Å²) in [4.78, 5) is -0.732. The van der Waals surface area contributed by atoms with Crippen molar-refractivity contribution in [1.82, 2.24) is 0 Å². The zero-order valence-corrected chi connectivity index (χ0v) is 8.28. The summed E-state index contributed by atoms with van der Waals surface area (Å²) in [7, 11) is 0. The Bertz CT molecular complexity index is 109. The van der Waals surface area contributed by atoms with Crippen molar-refractivity contribution in [2.75, 3.05) is 13.2 Å². The van der Waals surface area contributed by atoms with Crippen molar-refractivity contribution in [3.8, 4) is 0 Å². The van der Waals surface area contributed by atoms with E-state index in [2.05, 4.69) is 0 Å². The Kier molecular flexibility index (Phi) is 6.04. The van der Waals surface area contributed by atoms with Gasteiger partial charge in [0.05, 0.1) is 0 Å². The van der Waals surface area contributed by atoms with E-state index in [9.17, 15) is 5.11 Å². The molecule has 0 aromatic heterocycles. The molecule has 4 atom stereocenters. The fraction of sp³-hybridized carbons (Fsp3) is 1.00. The average Bonchev–Trinajstić information content (AvgIpc) is 2.12. The van der Waals surface area contributed by atoms with Gasteiger partial charge in [-0.2, -0.15) is 0 Å². The van der Waals surface area contributed by atoms with Crippen molar-refractivity contribution >= 4 is 16.0 Å². The molecule has 0 rings (SSSR count). The Labute approximate surface area is 78.5 Å². The first-order valence-electron chi connectivity index (χ1n) is 3.48. The molecule has 0 bridgehead atoms. The predicted octanol–water partition coefficient (Wildman–Crippen LogP) is -3.26. The monoisotopic (exact) mass is 246 g/mol. The van der Waals surface area contributed by atoms with E-state index in [-0.39, 0.29) is 0 Å². The van der Waals surface area contributed by atoms with Crippen molar-refractivity contribution in [3.05, 3.63) is 0 Å². The summed E-state index contributed by atoms with van der Waals surface area (Å²) >= 11 is 1.94. The van der Waals surface area contributed by atoms with Crippen LogP contribution in [0.1, 0.15) is 0 Å². The maximum absolute atomic E-state index is 9.19. The number of hydrogen-bond donors (Lipinski definition) is 5. The van der Waals surface area contributed by atoms with Crippen LogP contribution < -0.4 is 0 Å². The van der Waals surface area contributed by atoms with Gasteiger partial charge in [0, 0.05) is 0 Å². The topological polar surface area (TPSA) is 101 Å². The third kappa shape index (κ3) is 3.37. The molecule has 74 valence electrons. The van der Waals surface area contributed by atoms with Crippen LogP contribution in [-0.2, 0) is 0 Å². The Hall–Kier alpha value is 0.319. The van der Waals surface area contributed by atoms with Gasteiger partial charge >= 0.3 is 77.9 Å². The summed E-state index contributed by atoms with van der Waals surface area (Å²) < 4.78 is 0. The van der Waals surface area contributed by atoms with Crippen LogP contribution in [0.4, 0.5) is 0 Å². The Morgan fingerprint density at radius 1 is 0.917 bits per heavy atom. The molecule has 0 aliphatic rings. The van der Waals surface area contributed by atoms with Crippen molar-refractivity contribution in [2.45, 2.75) is 23.1 Å². The molecule has 0 radical (unpaired) electrons. The standard InChI is InChI=1S/C6H14O5Se/c7-1-3(9)5(11)6(12)4(10)2-8/h3-12H,1-2H2/t3-,4-,5-,6-/m0/s1. The minimum absolute atomic E-state index is 0.491. The van der Waals surface area contributed by atoms with E-state index in [0.29, 0.717) is 0 Å². The summed E-state index contributed by atoms with van der Waals surface area (Å²) in [5.41, 5.74) is 0. The number of hydrogen-bond acceptors (Lipinski definition) is 5. The van der Waals surface area contributed by atoms with E-state index in [4.69, 9.17) is 20.4 Å². The Morgan fingerprint density at radius 3 is 1.67 bits per heavy atom. The molecule has 0 heterocycles. The third-order valence-electron chi connectivity index (χ3n) is 1.51. The van der Waals surface area contributed by atoms with Gasteiger partial charge in [0.25, 0.3) is 0 Å². The summed E-state index contributed by atoms with van der Waals surface area (Å²) in [6.45, 7) is -1.07. The molecule has 12 heavy (non-hydrogen) atoms. The van der Waals surface area contributed by atoms with Crippen molar-refractivity contribution in [2.24, 2.45) is 0 Å². The van der Waals surface area contributed by atoms with E-state index in [1.54, 1.807) is 0 Å². The van der Waals surface area contributed by atoms with E-state index in [0.717, 1.165) is 0 Å². The summed E-state index contributed by atoms with van der Waals surface area (Å²) in [6.07, 6.45) is -3.65. The zero-order valence-electron chi connectivity index (χ0n) is 6.41. The van der Waals surface area contributed by atoms with E-state index < -0.39 is 36.3 Å². The number of rotatable bonds is 5. The van der Waals surface area contributed by atoms with Crippen molar-refractivity contribution in [1.29, 1.82) is 0 Å². The molecular weight excluding hydrogens is 231 g/mol. The molecule has 0 aromatic rings. The molecule has 0 aliphatic heterocycles.